The van der Waals surface area contributed by atoms with Crippen LogP contribution in [0.4, 0.5) is 5.00 Å². The van der Waals surface area contributed by atoms with Gasteiger partial charge in [0.05, 0.1) is 22.7 Å². The number of thiophene rings is 2. The molecule has 0 fully saturated rings. The quantitative estimate of drug-likeness (QED) is 0.340. The number of fused-ring (bicyclic) bond motifs is 3. The number of hydrogen-bond acceptors (Lipinski definition) is 8. The van der Waals surface area contributed by atoms with Crippen molar-refractivity contribution in [2.75, 3.05) is 17.7 Å². The lowest BCUT2D eigenvalue weighted by Crippen LogP contribution is -2.21. The zero-order valence-electron chi connectivity index (χ0n) is 16.9. The van der Waals surface area contributed by atoms with Crippen molar-refractivity contribution >= 4 is 61.5 Å². The van der Waals surface area contributed by atoms with Gasteiger partial charge >= 0.3 is 5.97 Å². The maximum Gasteiger partial charge on any atom is 0.348 e. The molecule has 158 valence electrons. The monoisotopic (exact) mass is 463 g/mol. The number of aryl methyl sites for hydroxylation is 3. The van der Waals surface area contributed by atoms with Gasteiger partial charge < -0.3 is 10.1 Å². The van der Waals surface area contributed by atoms with E-state index in [9.17, 15) is 14.4 Å². The predicted octanol–water partition coefficient (Wildman–Crippen LogP) is 3.76. The topological polar surface area (TPSA) is 90.3 Å². The molecule has 10 heteroatoms. The number of esters is 1. The number of ether oxygens (including phenoxy) is 1. The van der Waals surface area contributed by atoms with Crippen LogP contribution in [0.25, 0.3) is 10.2 Å². The molecule has 0 atom stereocenters. The molecule has 3 aromatic rings. The van der Waals surface area contributed by atoms with Crippen molar-refractivity contribution in [3.05, 3.63) is 37.3 Å². The summed E-state index contributed by atoms with van der Waals surface area (Å²) < 4.78 is 6.56. The van der Waals surface area contributed by atoms with Gasteiger partial charge in [-0.25, -0.2) is 9.78 Å². The number of hydrogen-bond donors (Lipinski definition) is 1. The first kappa shape index (κ1) is 21.1. The van der Waals surface area contributed by atoms with E-state index in [4.69, 9.17) is 4.74 Å². The van der Waals surface area contributed by atoms with Crippen LogP contribution in [0.2, 0.25) is 0 Å². The lowest BCUT2D eigenvalue weighted by molar-refractivity contribution is -0.113. The molecule has 0 saturated heterocycles. The SMILES string of the molecule is CCOC(=O)c1sc(NC(=O)CSc2nc3sc4c(c3c(=O)n2C)CCC4)cc1C. The minimum Gasteiger partial charge on any atom is -0.462 e. The second-order valence-electron chi connectivity index (χ2n) is 6.98. The Morgan fingerprint density at radius 1 is 1.33 bits per heavy atom. The summed E-state index contributed by atoms with van der Waals surface area (Å²) in [5, 5.41) is 4.67. The van der Waals surface area contributed by atoms with E-state index in [0.717, 1.165) is 40.6 Å². The number of carbonyl (C=O) groups excluding carboxylic acids is 2. The summed E-state index contributed by atoms with van der Waals surface area (Å²) >= 11 is 4.01. The zero-order valence-corrected chi connectivity index (χ0v) is 19.3. The smallest absolute Gasteiger partial charge is 0.348 e. The van der Waals surface area contributed by atoms with E-state index in [2.05, 4.69) is 10.3 Å². The number of anilines is 1. The third kappa shape index (κ3) is 3.91. The lowest BCUT2D eigenvalue weighted by atomic mass is 10.2. The molecular weight excluding hydrogens is 442 g/mol. The van der Waals surface area contributed by atoms with Crippen molar-refractivity contribution in [1.29, 1.82) is 0 Å². The van der Waals surface area contributed by atoms with Gasteiger partial charge in [-0.3, -0.25) is 14.2 Å². The van der Waals surface area contributed by atoms with E-state index < -0.39 is 0 Å². The van der Waals surface area contributed by atoms with Gasteiger partial charge in [0.15, 0.2) is 5.16 Å². The van der Waals surface area contributed by atoms with Gasteiger partial charge in [-0.05, 0) is 50.3 Å². The second kappa shape index (κ2) is 8.52. The number of carbonyl (C=O) groups is 2. The van der Waals surface area contributed by atoms with Gasteiger partial charge in [-0.15, -0.1) is 22.7 Å². The van der Waals surface area contributed by atoms with Gasteiger partial charge in [-0.2, -0.15) is 0 Å². The van der Waals surface area contributed by atoms with E-state index in [1.165, 1.54) is 32.5 Å². The van der Waals surface area contributed by atoms with Crippen molar-refractivity contribution in [3.63, 3.8) is 0 Å². The molecule has 0 unspecified atom stereocenters. The molecule has 30 heavy (non-hydrogen) atoms. The first-order valence-electron chi connectivity index (χ1n) is 9.60. The summed E-state index contributed by atoms with van der Waals surface area (Å²) in [6.45, 7) is 3.86. The fraction of sp³-hybridized carbons (Fsp3) is 0.400. The normalized spacial score (nSPS) is 12.9. The number of thioether (sulfide) groups is 1. The molecular formula is C20H21N3O4S3. The largest absolute Gasteiger partial charge is 0.462 e. The van der Waals surface area contributed by atoms with Gasteiger partial charge in [0.25, 0.3) is 5.56 Å². The van der Waals surface area contributed by atoms with Crippen LogP contribution in [-0.4, -0.2) is 33.8 Å². The molecule has 1 amide bonds. The Kier molecular flexibility index (Phi) is 5.99. The summed E-state index contributed by atoms with van der Waals surface area (Å²) in [6.07, 6.45) is 3.05. The summed E-state index contributed by atoms with van der Waals surface area (Å²) in [5.74, 6) is -0.493. The number of nitrogens with one attached hydrogen (secondary N) is 1. The highest BCUT2D eigenvalue weighted by Crippen LogP contribution is 2.35. The Bertz CT molecular complexity index is 1210. The number of nitrogens with zero attached hydrogens (tertiary/aromatic N) is 2. The zero-order chi connectivity index (χ0) is 21.4. The van der Waals surface area contributed by atoms with Gasteiger partial charge in [-0.1, -0.05) is 11.8 Å². The van der Waals surface area contributed by atoms with Crippen LogP contribution in [-0.2, 0) is 29.4 Å². The average Bonchev–Trinajstić information content (AvgIpc) is 3.38. The molecule has 0 bridgehead atoms. The predicted molar refractivity (Wildman–Crippen MR) is 121 cm³/mol. The molecule has 3 aromatic heterocycles. The van der Waals surface area contributed by atoms with Crippen LogP contribution in [0.1, 0.15) is 39.0 Å². The van der Waals surface area contributed by atoms with Crippen molar-refractivity contribution in [2.24, 2.45) is 7.05 Å². The maximum absolute atomic E-state index is 12.8. The first-order valence-corrected chi connectivity index (χ1v) is 12.2. The highest BCUT2D eigenvalue weighted by atomic mass is 32.2. The summed E-state index contributed by atoms with van der Waals surface area (Å²) in [6, 6.07) is 1.76. The van der Waals surface area contributed by atoms with Crippen molar-refractivity contribution in [2.45, 2.75) is 38.3 Å². The molecule has 1 N–H and O–H groups in total. The molecule has 3 heterocycles. The van der Waals surface area contributed by atoms with E-state index in [-0.39, 0.29) is 23.2 Å². The van der Waals surface area contributed by atoms with Gasteiger partial charge in [0, 0.05) is 11.9 Å². The number of aromatic nitrogens is 2. The van der Waals surface area contributed by atoms with Gasteiger partial charge in [0.2, 0.25) is 5.91 Å². The Morgan fingerprint density at radius 3 is 2.90 bits per heavy atom. The fourth-order valence-electron chi connectivity index (χ4n) is 3.48. The highest BCUT2D eigenvalue weighted by Gasteiger charge is 2.23. The Balaban J connectivity index is 1.46. The third-order valence-electron chi connectivity index (χ3n) is 4.88. The van der Waals surface area contributed by atoms with E-state index in [1.807, 2.05) is 0 Å². The van der Waals surface area contributed by atoms with Crippen LogP contribution in [0.3, 0.4) is 0 Å². The van der Waals surface area contributed by atoms with Crippen LogP contribution in [0.15, 0.2) is 16.0 Å². The van der Waals surface area contributed by atoms with Crippen LogP contribution in [0.5, 0.6) is 0 Å². The summed E-state index contributed by atoms with van der Waals surface area (Å²) in [7, 11) is 1.70. The third-order valence-corrected chi connectivity index (χ3v) is 8.23. The molecule has 0 aliphatic heterocycles. The Hall–Kier alpha value is -2.17. The van der Waals surface area contributed by atoms with Crippen molar-refractivity contribution in [3.8, 4) is 0 Å². The van der Waals surface area contributed by atoms with Crippen molar-refractivity contribution < 1.29 is 14.3 Å². The maximum atomic E-state index is 12.8. The van der Waals surface area contributed by atoms with Gasteiger partial charge in [0.1, 0.15) is 9.71 Å². The summed E-state index contributed by atoms with van der Waals surface area (Å²) in [4.78, 5) is 44.4. The van der Waals surface area contributed by atoms with Crippen LogP contribution in [0, 0.1) is 6.92 Å². The van der Waals surface area contributed by atoms with E-state index in [1.54, 1.807) is 38.3 Å². The highest BCUT2D eigenvalue weighted by molar-refractivity contribution is 7.99. The second-order valence-corrected chi connectivity index (χ2v) is 10.1. The molecule has 1 aliphatic carbocycles. The molecule has 0 radical (unpaired) electrons. The molecule has 4 rings (SSSR count). The minimum absolute atomic E-state index is 0.0460. The summed E-state index contributed by atoms with van der Waals surface area (Å²) in [5.41, 5.74) is 1.87. The lowest BCUT2D eigenvalue weighted by Gasteiger charge is -2.07. The first-order chi connectivity index (χ1) is 14.4. The number of rotatable bonds is 6. The van der Waals surface area contributed by atoms with Crippen molar-refractivity contribution in [1.82, 2.24) is 9.55 Å². The molecule has 1 aliphatic rings. The minimum atomic E-state index is -0.384. The van der Waals surface area contributed by atoms with E-state index in [0.29, 0.717) is 21.6 Å². The van der Waals surface area contributed by atoms with E-state index >= 15 is 0 Å². The molecule has 0 spiro atoms. The van der Waals surface area contributed by atoms with Crippen LogP contribution >= 0.6 is 34.4 Å². The molecule has 0 aromatic carbocycles. The molecule has 0 saturated carbocycles. The van der Waals surface area contributed by atoms with Crippen LogP contribution < -0.4 is 10.9 Å². The molecule has 7 nitrogen and oxygen atoms in total. The fourth-order valence-corrected chi connectivity index (χ4v) is 6.54. The average molecular weight is 464 g/mol. The Morgan fingerprint density at radius 2 is 2.13 bits per heavy atom. The number of amides is 1. The standard InChI is InChI=1S/C20H21N3O4S3/c1-4-27-19(26)16-10(2)8-14(30-16)21-13(24)9-28-20-22-17-15(18(25)23(20)3)11-6-5-7-12(11)29-17/h8H,4-7,9H2,1-3H3,(H,21,24). The Labute approximate surface area is 185 Å².